The number of aliphatic hydroxyl groups is 1. The summed E-state index contributed by atoms with van der Waals surface area (Å²) in [6, 6.07) is 6.49. The van der Waals surface area contributed by atoms with Crippen LogP contribution in [-0.2, 0) is 6.42 Å². The van der Waals surface area contributed by atoms with E-state index in [1.54, 1.807) is 25.1 Å². The van der Waals surface area contributed by atoms with Crippen LogP contribution in [0, 0.1) is 19.7 Å². The first kappa shape index (κ1) is 13.3. The lowest BCUT2D eigenvalue weighted by Gasteiger charge is -2.10. The van der Waals surface area contributed by atoms with Gasteiger partial charge >= 0.3 is 0 Å². The molecule has 1 N–H and O–H groups in total. The summed E-state index contributed by atoms with van der Waals surface area (Å²) in [7, 11) is 0. The number of aliphatic hydroxyl groups excluding tert-OH is 1. The summed E-state index contributed by atoms with van der Waals surface area (Å²) in [6.45, 7) is 3.62. The molecule has 0 radical (unpaired) electrons. The minimum atomic E-state index is -0.758. The van der Waals surface area contributed by atoms with Crippen molar-refractivity contribution >= 4 is 15.9 Å². The van der Waals surface area contributed by atoms with Gasteiger partial charge in [-0.1, -0.05) is 15.9 Å². The largest absolute Gasteiger partial charge is 0.466 e. The molecule has 0 aliphatic carbocycles. The molecule has 1 atom stereocenters. The summed E-state index contributed by atoms with van der Waals surface area (Å²) < 4.78 is 19.8. The van der Waals surface area contributed by atoms with E-state index in [1.807, 2.05) is 6.92 Å². The van der Waals surface area contributed by atoms with Crippen molar-refractivity contribution in [3.05, 3.63) is 57.2 Å². The molecule has 0 spiro atoms. The molecule has 18 heavy (non-hydrogen) atoms. The molecular weight excluding hydrogens is 299 g/mol. The summed E-state index contributed by atoms with van der Waals surface area (Å²) >= 11 is 3.29. The quantitative estimate of drug-likeness (QED) is 0.926. The monoisotopic (exact) mass is 312 g/mol. The highest BCUT2D eigenvalue weighted by molar-refractivity contribution is 9.10. The van der Waals surface area contributed by atoms with Gasteiger partial charge in [0.2, 0.25) is 0 Å². The molecule has 96 valence electrons. The van der Waals surface area contributed by atoms with Crippen molar-refractivity contribution in [2.45, 2.75) is 26.4 Å². The van der Waals surface area contributed by atoms with Gasteiger partial charge in [-0.15, -0.1) is 0 Å². The Labute approximate surface area is 114 Å². The van der Waals surface area contributed by atoms with Gasteiger partial charge in [0.15, 0.2) is 0 Å². The number of hydrogen-bond acceptors (Lipinski definition) is 2. The third-order valence-electron chi connectivity index (χ3n) is 2.86. The second kappa shape index (κ2) is 5.24. The first-order valence-corrected chi connectivity index (χ1v) is 6.45. The lowest BCUT2D eigenvalue weighted by Crippen LogP contribution is -2.04. The standard InChI is InChI=1S/C14H14BrFO2/c1-8-5-12(9(2)18-8)14(17)7-10-6-11(15)3-4-13(10)16/h3-6,14,17H,7H2,1-2H3. The Hall–Kier alpha value is -1.13. The Bertz CT molecular complexity index is 563. The molecular formula is C14H14BrFO2. The van der Waals surface area contributed by atoms with Gasteiger partial charge in [-0.2, -0.15) is 0 Å². The fourth-order valence-electron chi connectivity index (χ4n) is 2.00. The molecule has 0 aliphatic heterocycles. The Balaban J connectivity index is 2.23. The first-order chi connectivity index (χ1) is 8.47. The zero-order valence-corrected chi connectivity index (χ0v) is 11.8. The average molecular weight is 313 g/mol. The summed E-state index contributed by atoms with van der Waals surface area (Å²) in [5.41, 5.74) is 1.20. The maximum atomic E-state index is 13.6. The van der Waals surface area contributed by atoms with Crippen LogP contribution in [-0.4, -0.2) is 5.11 Å². The van der Waals surface area contributed by atoms with E-state index in [1.165, 1.54) is 6.07 Å². The maximum Gasteiger partial charge on any atom is 0.126 e. The predicted octanol–water partition coefficient (Wildman–Crippen LogP) is 4.07. The van der Waals surface area contributed by atoms with Gasteiger partial charge in [0.25, 0.3) is 0 Å². The van der Waals surface area contributed by atoms with E-state index in [2.05, 4.69) is 15.9 Å². The van der Waals surface area contributed by atoms with Gasteiger partial charge in [0.05, 0.1) is 6.10 Å². The summed E-state index contributed by atoms with van der Waals surface area (Å²) in [6.07, 6.45) is -0.531. The van der Waals surface area contributed by atoms with Crippen molar-refractivity contribution in [2.24, 2.45) is 0 Å². The van der Waals surface area contributed by atoms with Crippen LogP contribution in [0.5, 0.6) is 0 Å². The number of benzene rings is 1. The molecule has 1 unspecified atom stereocenters. The van der Waals surface area contributed by atoms with Crippen LogP contribution < -0.4 is 0 Å². The molecule has 0 amide bonds. The molecule has 0 aliphatic rings. The van der Waals surface area contributed by atoms with Crippen LogP contribution in [0.4, 0.5) is 4.39 Å². The van der Waals surface area contributed by atoms with Crippen molar-refractivity contribution in [3.8, 4) is 0 Å². The normalized spacial score (nSPS) is 12.7. The third kappa shape index (κ3) is 2.82. The molecule has 0 fully saturated rings. The van der Waals surface area contributed by atoms with E-state index in [0.29, 0.717) is 16.9 Å². The highest BCUT2D eigenvalue weighted by Crippen LogP contribution is 2.26. The van der Waals surface area contributed by atoms with Crippen molar-refractivity contribution in [3.63, 3.8) is 0 Å². The highest BCUT2D eigenvalue weighted by Gasteiger charge is 2.16. The summed E-state index contributed by atoms with van der Waals surface area (Å²) in [4.78, 5) is 0. The van der Waals surface area contributed by atoms with E-state index in [-0.39, 0.29) is 12.2 Å². The number of aryl methyl sites for hydroxylation is 2. The Morgan fingerprint density at radius 3 is 2.67 bits per heavy atom. The maximum absolute atomic E-state index is 13.6. The van der Waals surface area contributed by atoms with E-state index < -0.39 is 6.10 Å². The van der Waals surface area contributed by atoms with Crippen LogP contribution >= 0.6 is 15.9 Å². The minimum Gasteiger partial charge on any atom is -0.466 e. The second-order valence-electron chi connectivity index (χ2n) is 4.32. The van der Waals surface area contributed by atoms with Gasteiger partial charge in [-0.05, 0) is 43.7 Å². The molecule has 0 bridgehead atoms. The zero-order chi connectivity index (χ0) is 13.3. The molecule has 0 saturated heterocycles. The molecule has 1 heterocycles. The Kier molecular flexibility index (Phi) is 3.88. The van der Waals surface area contributed by atoms with Crippen LogP contribution in [0.25, 0.3) is 0 Å². The van der Waals surface area contributed by atoms with Crippen molar-refractivity contribution < 1.29 is 13.9 Å². The van der Waals surface area contributed by atoms with Crippen molar-refractivity contribution in [1.29, 1.82) is 0 Å². The molecule has 0 saturated carbocycles. The van der Waals surface area contributed by atoms with Crippen LogP contribution in [0.15, 0.2) is 33.2 Å². The lowest BCUT2D eigenvalue weighted by atomic mass is 10.0. The van der Waals surface area contributed by atoms with E-state index in [4.69, 9.17) is 4.42 Å². The van der Waals surface area contributed by atoms with Gasteiger partial charge in [0.1, 0.15) is 17.3 Å². The van der Waals surface area contributed by atoms with E-state index in [9.17, 15) is 9.50 Å². The summed E-state index contributed by atoms with van der Waals surface area (Å²) in [5, 5.41) is 10.1. The molecule has 2 rings (SSSR count). The Morgan fingerprint density at radius 2 is 2.06 bits per heavy atom. The lowest BCUT2D eigenvalue weighted by molar-refractivity contribution is 0.175. The fourth-order valence-corrected chi connectivity index (χ4v) is 2.41. The second-order valence-corrected chi connectivity index (χ2v) is 5.24. The molecule has 2 nitrogen and oxygen atoms in total. The minimum absolute atomic E-state index is 0.227. The van der Waals surface area contributed by atoms with Gasteiger partial charge in [-0.25, -0.2) is 4.39 Å². The predicted molar refractivity (Wildman–Crippen MR) is 70.9 cm³/mol. The first-order valence-electron chi connectivity index (χ1n) is 5.66. The van der Waals surface area contributed by atoms with Crippen LogP contribution in [0.1, 0.15) is 28.8 Å². The van der Waals surface area contributed by atoms with E-state index >= 15 is 0 Å². The number of halogens is 2. The van der Waals surface area contributed by atoms with Gasteiger partial charge in [-0.3, -0.25) is 0 Å². The molecule has 4 heteroatoms. The fraction of sp³-hybridized carbons (Fsp3) is 0.286. The zero-order valence-electron chi connectivity index (χ0n) is 10.2. The van der Waals surface area contributed by atoms with Crippen LogP contribution in [0.2, 0.25) is 0 Å². The van der Waals surface area contributed by atoms with Crippen molar-refractivity contribution in [2.75, 3.05) is 0 Å². The molecule has 1 aromatic carbocycles. The topological polar surface area (TPSA) is 33.4 Å². The number of hydrogen-bond donors (Lipinski definition) is 1. The number of furan rings is 1. The smallest absolute Gasteiger partial charge is 0.126 e. The number of rotatable bonds is 3. The Morgan fingerprint density at radius 1 is 1.33 bits per heavy atom. The highest BCUT2D eigenvalue weighted by atomic mass is 79.9. The molecule has 2 aromatic rings. The van der Waals surface area contributed by atoms with Crippen LogP contribution in [0.3, 0.4) is 0 Å². The van der Waals surface area contributed by atoms with Gasteiger partial charge in [0, 0.05) is 16.5 Å². The third-order valence-corrected chi connectivity index (χ3v) is 3.35. The van der Waals surface area contributed by atoms with Crippen molar-refractivity contribution in [1.82, 2.24) is 0 Å². The van der Waals surface area contributed by atoms with E-state index in [0.717, 1.165) is 10.2 Å². The average Bonchev–Trinajstić information content (AvgIpc) is 2.63. The molecule has 1 aromatic heterocycles. The summed E-state index contributed by atoms with van der Waals surface area (Å²) in [5.74, 6) is 1.11. The van der Waals surface area contributed by atoms with Gasteiger partial charge < -0.3 is 9.52 Å². The SMILES string of the molecule is Cc1cc(C(O)Cc2cc(Br)ccc2F)c(C)o1.